The van der Waals surface area contributed by atoms with Crippen molar-refractivity contribution in [2.75, 3.05) is 26.8 Å². The molecule has 1 heterocycles. The second-order valence-corrected chi connectivity index (χ2v) is 5.01. The van der Waals surface area contributed by atoms with Crippen molar-refractivity contribution in [3.8, 4) is 5.75 Å². The molecule has 1 aromatic rings. The van der Waals surface area contributed by atoms with Crippen LogP contribution in [-0.2, 0) is 6.54 Å². The molecule has 1 saturated heterocycles. The molecule has 104 valence electrons. The van der Waals surface area contributed by atoms with Crippen molar-refractivity contribution < 1.29 is 9.84 Å². The van der Waals surface area contributed by atoms with Crippen LogP contribution in [0.4, 0.5) is 0 Å². The first-order chi connectivity index (χ1) is 9.13. The molecule has 1 atom stereocenters. The molecule has 0 saturated carbocycles. The van der Waals surface area contributed by atoms with Crippen LogP contribution in [0.2, 0.25) is 0 Å². The predicted octanol–water partition coefficient (Wildman–Crippen LogP) is 0.793. The third-order valence-electron chi connectivity index (χ3n) is 3.61. The number of ether oxygens (including phenoxy) is 1. The summed E-state index contributed by atoms with van der Waals surface area (Å²) in [5.74, 6) is 1.26. The van der Waals surface area contributed by atoms with E-state index in [4.69, 9.17) is 15.9 Å². The number of likely N-dealkylation sites (tertiary alicyclic amines) is 1. The number of nitrogens with two attached hydrogens (primary N) is 1. The number of rotatable bonds is 5. The van der Waals surface area contributed by atoms with Gasteiger partial charge in [0.25, 0.3) is 0 Å². The average Bonchev–Trinajstić information content (AvgIpc) is 2.86. The second kappa shape index (κ2) is 6.04. The van der Waals surface area contributed by atoms with Crippen LogP contribution >= 0.6 is 0 Å². The van der Waals surface area contributed by atoms with Gasteiger partial charge in [0.1, 0.15) is 11.6 Å². The van der Waals surface area contributed by atoms with Crippen LogP contribution in [0.3, 0.4) is 0 Å². The minimum atomic E-state index is 0.0681. The molecule has 5 heteroatoms. The highest BCUT2D eigenvalue weighted by atomic mass is 16.5. The van der Waals surface area contributed by atoms with Crippen LogP contribution in [-0.4, -0.2) is 42.6 Å². The van der Waals surface area contributed by atoms with E-state index >= 15 is 0 Å². The maximum Gasteiger partial charge on any atom is 0.123 e. The number of benzene rings is 1. The molecule has 1 aliphatic heterocycles. The number of nitrogens with one attached hydrogen (secondary N) is 1. The van der Waals surface area contributed by atoms with E-state index in [-0.39, 0.29) is 12.4 Å². The number of nitrogen functional groups attached to an aromatic ring is 1. The number of amidine groups is 1. The summed E-state index contributed by atoms with van der Waals surface area (Å²) in [6.45, 7) is 2.91. The fourth-order valence-corrected chi connectivity index (χ4v) is 2.52. The smallest absolute Gasteiger partial charge is 0.123 e. The Balaban J connectivity index is 2.14. The van der Waals surface area contributed by atoms with E-state index in [1.165, 1.54) is 0 Å². The Labute approximate surface area is 113 Å². The number of aliphatic hydroxyl groups excluding tert-OH is 1. The Bertz CT molecular complexity index is 462. The summed E-state index contributed by atoms with van der Waals surface area (Å²) in [6.07, 6.45) is 1.03. The summed E-state index contributed by atoms with van der Waals surface area (Å²) in [6, 6.07) is 5.56. The standard InChI is InChI=1S/C14H21N3O2/c1-19-13-3-2-11(14(15)16)6-12(13)8-17-5-4-10(7-17)9-18/h2-3,6,10,18H,4-5,7-9H2,1H3,(H3,15,16). The first-order valence-electron chi connectivity index (χ1n) is 6.48. The lowest BCUT2D eigenvalue weighted by Crippen LogP contribution is -2.22. The number of aliphatic hydroxyl groups is 1. The molecule has 1 aromatic carbocycles. The maximum atomic E-state index is 9.17. The zero-order valence-electron chi connectivity index (χ0n) is 11.2. The van der Waals surface area contributed by atoms with E-state index < -0.39 is 0 Å². The fraction of sp³-hybridized carbons (Fsp3) is 0.500. The lowest BCUT2D eigenvalue weighted by molar-refractivity contribution is 0.219. The fourth-order valence-electron chi connectivity index (χ4n) is 2.52. The molecule has 1 aliphatic rings. The van der Waals surface area contributed by atoms with Gasteiger partial charge in [-0.05, 0) is 37.1 Å². The summed E-state index contributed by atoms with van der Waals surface area (Å²) in [5, 5.41) is 16.7. The minimum absolute atomic E-state index is 0.0681. The lowest BCUT2D eigenvalue weighted by atomic mass is 10.1. The minimum Gasteiger partial charge on any atom is -0.496 e. The molecule has 0 spiro atoms. The first kappa shape index (κ1) is 13.8. The highest BCUT2D eigenvalue weighted by Gasteiger charge is 2.22. The van der Waals surface area contributed by atoms with Gasteiger partial charge in [0.2, 0.25) is 0 Å². The Kier molecular flexibility index (Phi) is 4.39. The van der Waals surface area contributed by atoms with Crippen molar-refractivity contribution in [3.05, 3.63) is 29.3 Å². The third-order valence-corrected chi connectivity index (χ3v) is 3.61. The zero-order chi connectivity index (χ0) is 13.8. The van der Waals surface area contributed by atoms with Crippen molar-refractivity contribution in [1.82, 2.24) is 4.90 Å². The Morgan fingerprint density at radius 3 is 2.95 bits per heavy atom. The van der Waals surface area contributed by atoms with Gasteiger partial charge in [-0.3, -0.25) is 10.3 Å². The topological polar surface area (TPSA) is 82.6 Å². The summed E-state index contributed by atoms with van der Waals surface area (Å²) in [5.41, 5.74) is 7.27. The van der Waals surface area contributed by atoms with Gasteiger partial charge in [0.15, 0.2) is 0 Å². The average molecular weight is 263 g/mol. The number of hydrogen-bond donors (Lipinski definition) is 3. The van der Waals surface area contributed by atoms with Gasteiger partial charge in [-0.25, -0.2) is 0 Å². The molecule has 19 heavy (non-hydrogen) atoms. The van der Waals surface area contributed by atoms with E-state index in [2.05, 4.69) is 4.90 Å². The predicted molar refractivity (Wildman–Crippen MR) is 74.5 cm³/mol. The Morgan fingerprint density at radius 2 is 2.37 bits per heavy atom. The summed E-state index contributed by atoms with van der Waals surface area (Å²) >= 11 is 0. The van der Waals surface area contributed by atoms with Gasteiger partial charge in [-0.15, -0.1) is 0 Å². The molecule has 2 rings (SSSR count). The van der Waals surface area contributed by atoms with Crippen LogP contribution < -0.4 is 10.5 Å². The molecule has 1 unspecified atom stereocenters. The number of nitrogens with zero attached hydrogens (tertiary/aromatic N) is 1. The van der Waals surface area contributed by atoms with Crippen LogP contribution in [0.15, 0.2) is 18.2 Å². The molecular formula is C14H21N3O2. The molecule has 4 N–H and O–H groups in total. The van der Waals surface area contributed by atoms with Gasteiger partial charge in [0, 0.05) is 30.8 Å². The zero-order valence-corrected chi connectivity index (χ0v) is 11.2. The van der Waals surface area contributed by atoms with Gasteiger partial charge in [-0.2, -0.15) is 0 Å². The Hall–Kier alpha value is -1.59. The van der Waals surface area contributed by atoms with E-state index in [1.54, 1.807) is 13.2 Å². The summed E-state index contributed by atoms with van der Waals surface area (Å²) in [7, 11) is 1.65. The molecule has 0 amide bonds. The highest BCUT2D eigenvalue weighted by Crippen LogP contribution is 2.24. The largest absolute Gasteiger partial charge is 0.496 e. The number of hydrogen-bond acceptors (Lipinski definition) is 4. The third kappa shape index (κ3) is 3.24. The van der Waals surface area contributed by atoms with Crippen LogP contribution in [0.1, 0.15) is 17.5 Å². The van der Waals surface area contributed by atoms with Gasteiger partial charge >= 0.3 is 0 Å². The second-order valence-electron chi connectivity index (χ2n) is 5.01. The van der Waals surface area contributed by atoms with Gasteiger partial charge < -0.3 is 15.6 Å². The van der Waals surface area contributed by atoms with E-state index in [9.17, 15) is 5.11 Å². The normalized spacial score (nSPS) is 19.6. The van der Waals surface area contributed by atoms with Gasteiger partial charge in [0.05, 0.1) is 7.11 Å². The molecule has 1 fully saturated rings. The first-order valence-corrected chi connectivity index (χ1v) is 6.48. The molecular weight excluding hydrogens is 242 g/mol. The number of methoxy groups -OCH3 is 1. The van der Waals surface area contributed by atoms with Crippen molar-refractivity contribution in [3.63, 3.8) is 0 Å². The molecule has 0 bridgehead atoms. The summed E-state index contributed by atoms with van der Waals surface area (Å²) in [4.78, 5) is 2.29. The quantitative estimate of drug-likeness (QED) is 0.542. The maximum absolute atomic E-state index is 9.17. The Morgan fingerprint density at radius 1 is 1.58 bits per heavy atom. The van der Waals surface area contributed by atoms with E-state index in [0.29, 0.717) is 11.5 Å². The van der Waals surface area contributed by atoms with Crippen LogP contribution in [0.25, 0.3) is 0 Å². The van der Waals surface area contributed by atoms with Crippen LogP contribution in [0.5, 0.6) is 5.75 Å². The monoisotopic (exact) mass is 263 g/mol. The molecule has 0 aliphatic carbocycles. The molecule has 0 aromatic heterocycles. The molecule has 5 nitrogen and oxygen atoms in total. The van der Waals surface area contributed by atoms with Crippen LogP contribution in [0, 0.1) is 11.3 Å². The lowest BCUT2D eigenvalue weighted by Gasteiger charge is -2.18. The van der Waals surface area contributed by atoms with Crippen molar-refractivity contribution in [1.29, 1.82) is 5.41 Å². The summed E-state index contributed by atoms with van der Waals surface area (Å²) < 4.78 is 5.36. The highest BCUT2D eigenvalue weighted by molar-refractivity contribution is 5.95. The van der Waals surface area contributed by atoms with Crippen molar-refractivity contribution >= 4 is 5.84 Å². The van der Waals surface area contributed by atoms with Crippen molar-refractivity contribution in [2.45, 2.75) is 13.0 Å². The SMILES string of the molecule is COc1ccc(C(=N)N)cc1CN1CCC(CO)C1. The van der Waals surface area contributed by atoms with E-state index in [0.717, 1.165) is 37.4 Å². The van der Waals surface area contributed by atoms with E-state index in [1.807, 2.05) is 12.1 Å². The molecule has 0 radical (unpaired) electrons. The van der Waals surface area contributed by atoms with Crippen molar-refractivity contribution in [2.24, 2.45) is 11.7 Å². The van der Waals surface area contributed by atoms with Gasteiger partial charge in [-0.1, -0.05) is 0 Å².